The van der Waals surface area contributed by atoms with Crippen LogP contribution in [0.2, 0.25) is 0 Å². The Morgan fingerprint density at radius 1 is 1.14 bits per heavy atom. The fourth-order valence-corrected chi connectivity index (χ4v) is 3.69. The second kappa shape index (κ2) is 7.58. The molecule has 21 heavy (non-hydrogen) atoms. The topological polar surface area (TPSA) is 26.3 Å². The van der Waals surface area contributed by atoms with Crippen LogP contribution in [0.4, 0.5) is 4.39 Å². The van der Waals surface area contributed by atoms with Gasteiger partial charge in [0.05, 0.1) is 7.11 Å². The van der Waals surface area contributed by atoms with Gasteiger partial charge in [0.25, 0.3) is 0 Å². The zero-order valence-corrected chi connectivity index (χ0v) is 12.9. The van der Waals surface area contributed by atoms with Crippen molar-refractivity contribution in [2.75, 3.05) is 7.11 Å². The average molecular weight is 292 g/mol. The molecule has 2 aliphatic rings. The molecule has 2 atom stereocenters. The van der Waals surface area contributed by atoms with Gasteiger partial charge in [0.2, 0.25) is 0 Å². The monoisotopic (exact) mass is 292 g/mol. The zero-order chi connectivity index (χ0) is 15.2. The fourth-order valence-electron chi connectivity index (χ4n) is 3.69. The molecular weight excluding hydrogens is 267 g/mol. The van der Waals surface area contributed by atoms with Gasteiger partial charge in [-0.05, 0) is 50.4 Å². The van der Waals surface area contributed by atoms with Gasteiger partial charge in [0.1, 0.15) is 6.17 Å². The van der Waals surface area contributed by atoms with Crippen LogP contribution in [0.3, 0.4) is 0 Å². The summed E-state index contributed by atoms with van der Waals surface area (Å²) in [5.74, 6) is 1.41. The Kier molecular flexibility index (Phi) is 5.77. The first-order chi connectivity index (χ1) is 10.1. The smallest absolute Gasteiger partial charge is 0.305 e. The SMILES string of the molecule is COC(=O)CC1CC2CC(F)CC2C1.Cc1ccccc1. The van der Waals surface area contributed by atoms with E-state index in [-0.39, 0.29) is 5.97 Å². The van der Waals surface area contributed by atoms with Crippen molar-refractivity contribution < 1.29 is 13.9 Å². The molecule has 0 aromatic heterocycles. The Labute approximate surface area is 126 Å². The number of halogens is 1. The molecule has 2 saturated carbocycles. The third kappa shape index (κ3) is 4.83. The van der Waals surface area contributed by atoms with Gasteiger partial charge >= 0.3 is 5.97 Å². The number of benzene rings is 1. The maximum absolute atomic E-state index is 13.0. The number of alkyl halides is 1. The Morgan fingerprint density at radius 3 is 2.14 bits per heavy atom. The second-order valence-electron chi connectivity index (χ2n) is 6.36. The van der Waals surface area contributed by atoms with Crippen LogP contribution in [-0.2, 0) is 9.53 Å². The summed E-state index contributed by atoms with van der Waals surface area (Å²) in [7, 11) is 1.43. The first-order valence-corrected chi connectivity index (χ1v) is 7.81. The van der Waals surface area contributed by atoms with Gasteiger partial charge in [-0.15, -0.1) is 0 Å². The molecule has 0 amide bonds. The lowest BCUT2D eigenvalue weighted by Gasteiger charge is -2.09. The lowest BCUT2D eigenvalue weighted by Crippen LogP contribution is -2.08. The molecule has 116 valence electrons. The molecule has 3 heteroatoms. The molecule has 2 unspecified atom stereocenters. The molecule has 0 saturated heterocycles. The molecule has 0 N–H and O–H groups in total. The highest BCUT2D eigenvalue weighted by Crippen LogP contribution is 2.48. The number of carbonyl (C=O) groups excluding carboxylic acids is 1. The first-order valence-electron chi connectivity index (χ1n) is 7.81. The van der Waals surface area contributed by atoms with Crippen molar-refractivity contribution in [1.29, 1.82) is 0 Å². The highest BCUT2D eigenvalue weighted by molar-refractivity contribution is 5.69. The molecule has 0 spiro atoms. The number of esters is 1. The van der Waals surface area contributed by atoms with Gasteiger partial charge in [-0.2, -0.15) is 0 Å². The minimum atomic E-state index is -0.580. The van der Waals surface area contributed by atoms with Crippen molar-refractivity contribution in [2.45, 2.75) is 45.2 Å². The van der Waals surface area contributed by atoms with Crippen LogP contribution in [-0.4, -0.2) is 19.3 Å². The van der Waals surface area contributed by atoms with Crippen LogP contribution in [0.25, 0.3) is 0 Å². The van der Waals surface area contributed by atoms with E-state index in [1.54, 1.807) is 0 Å². The molecule has 2 nitrogen and oxygen atoms in total. The number of rotatable bonds is 2. The van der Waals surface area contributed by atoms with Gasteiger partial charge in [-0.1, -0.05) is 35.9 Å². The normalized spacial score (nSPS) is 30.2. The predicted molar refractivity (Wildman–Crippen MR) is 81.6 cm³/mol. The third-order valence-corrected chi connectivity index (χ3v) is 4.68. The molecule has 3 rings (SSSR count). The Balaban J connectivity index is 0.000000194. The second-order valence-corrected chi connectivity index (χ2v) is 6.36. The summed E-state index contributed by atoms with van der Waals surface area (Å²) in [6, 6.07) is 10.3. The van der Waals surface area contributed by atoms with Crippen molar-refractivity contribution in [3.05, 3.63) is 35.9 Å². The molecule has 0 aliphatic heterocycles. The highest BCUT2D eigenvalue weighted by Gasteiger charge is 2.42. The van der Waals surface area contributed by atoms with Crippen molar-refractivity contribution >= 4 is 5.97 Å². The number of aryl methyl sites for hydroxylation is 1. The summed E-state index contributed by atoms with van der Waals surface area (Å²) in [6.45, 7) is 2.08. The van der Waals surface area contributed by atoms with E-state index in [4.69, 9.17) is 0 Å². The number of hydrogen-bond acceptors (Lipinski definition) is 2. The molecule has 0 bridgehead atoms. The van der Waals surface area contributed by atoms with E-state index in [0.29, 0.717) is 24.2 Å². The Morgan fingerprint density at radius 2 is 1.71 bits per heavy atom. The van der Waals surface area contributed by atoms with E-state index in [9.17, 15) is 9.18 Å². The maximum atomic E-state index is 13.0. The van der Waals surface area contributed by atoms with Gasteiger partial charge in [-0.25, -0.2) is 4.39 Å². The van der Waals surface area contributed by atoms with Crippen LogP contribution in [0.5, 0.6) is 0 Å². The Bertz CT molecular complexity index is 432. The van der Waals surface area contributed by atoms with Crippen LogP contribution < -0.4 is 0 Å². The number of fused-ring (bicyclic) bond motifs is 1. The van der Waals surface area contributed by atoms with Gasteiger partial charge < -0.3 is 4.74 Å². The van der Waals surface area contributed by atoms with E-state index in [2.05, 4.69) is 23.8 Å². The van der Waals surface area contributed by atoms with E-state index in [1.807, 2.05) is 18.2 Å². The first kappa shape index (κ1) is 16.0. The lowest BCUT2D eigenvalue weighted by molar-refractivity contribution is -0.141. The van der Waals surface area contributed by atoms with Crippen LogP contribution in [0.15, 0.2) is 30.3 Å². The lowest BCUT2D eigenvalue weighted by atomic mass is 10.00. The molecule has 1 aromatic carbocycles. The quantitative estimate of drug-likeness (QED) is 0.759. The number of carbonyl (C=O) groups is 1. The van der Waals surface area contributed by atoms with E-state index in [1.165, 1.54) is 12.7 Å². The van der Waals surface area contributed by atoms with Gasteiger partial charge in [0.15, 0.2) is 0 Å². The van der Waals surface area contributed by atoms with E-state index in [0.717, 1.165) is 25.7 Å². The van der Waals surface area contributed by atoms with Crippen LogP contribution in [0, 0.1) is 24.7 Å². The van der Waals surface area contributed by atoms with Crippen molar-refractivity contribution in [1.82, 2.24) is 0 Å². The number of methoxy groups -OCH3 is 1. The summed E-state index contributed by atoms with van der Waals surface area (Å²) in [6.07, 6.45) is 3.45. The largest absolute Gasteiger partial charge is 0.469 e. The molecule has 2 aliphatic carbocycles. The summed E-state index contributed by atoms with van der Waals surface area (Å²) < 4.78 is 17.7. The van der Waals surface area contributed by atoms with Crippen LogP contribution >= 0.6 is 0 Å². The van der Waals surface area contributed by atoms with E-state index < -0.39 is 6.17 Å². The van der Waals surface area contributed by atoms with Crippen molar-refractivity contribution in [2.24, 2.45) is 17.8 Å². The molecule has 0 heterocycles. The number of hydrogen-bond donors (Lipinski definition) is 0. The summed E-state index contributed by atoms with van der Waals surface area (Å²) in [5, 5.41) is 0. The predicted octanol–water partition coefficient (Wildman–Crippen LogP) is 4.32. The molecule has 0 radical (unpaired) electrons. The highest BCUT2D eigenvalue weighted by atomic mass is 19.1. The van der Waals surface area contributed by atoms with Crippen molar-refractivity contribution in [3.8, 4) is 0 Å². The summed E-state index contributed by atoms with van der Waals surface area (Å²) in [4.78, 5) is 11.1. The average Bonchev–Trinajstić information content (AvgIpc) is 2.96. The minimum absolute atomic E-state index is 0.119. The van der Waals surface area contributed by atoms with Crippen LogP contribution in [0.1, 0.15) is 37.7 Å². The molecular formula is C18H25FO2. The van der Waals surface area contributed by atoms with Gasteiger partial charge in [0, 0.05) is 6.42 Å². The fraction of sp³-hybridized carbons (Fsp3) is 0.611. The summed E-state index contributed by atoms with van der Waals surface area (Å²) >= 11 is 0. The number of ether oxygens (including phenoxy) is 1. The molecule has 1 aromatic rings. The third-order valence-electron chi connectivity index (χ3n) is 4.68. The minimum Gasteiger partial charge on any atom is -0.469 e. The van der Waals surface area contributed by atoms with E-state index >= 15 is 0 Å². The van der Waals surface area contributed by atoms with Crippen molar-refractivity contribution in [3.63, 3.8) is 0 Å². The molecule has 2 fully saturated rings. The standard InChI is InChI=1S/C11H17FO2.C7H8/c1-14-11(13)4-7-2-8-5-10(12)6-9(8)3-7;1-7-5-3-2-4-6-7/h7-10H,2-6H2,1H3;2-6H,1H3. The zero-order valence-electron chi connectivity index (χ0n) is 12.9. The maximum Gasteiger partial charge on any atom is 0.305 e. The Hall–Kier alpha value is -1.38. The summed E-state index contributed by atoms with van der Waals surface area (Å²) in [5.41, 5.74) is 1.32. The van der Waals surface area contributed by atoms with Gasteiger partial charge in [-0.3, -0.25) is 4.79 Å².